The number of carbonyl (C=O) groups excluding carboxylic acids is 1. The molecule has 0 aliphatic rings. The fourth-order valence-electron chi connectivity index (χ4n) is 1.44. The Bertz CT molecular complexity index is 540. The summed E-state index contributed by atoms with van der Waals surface area (Å²) < 4.78 is 26.5. The molecule has 0 fully saturated rings. The third-order valence-electron chi connectivity index (χ3n) is 2.22. The van der Waals surface area contributed by atoms with E-state index in [9.17, 15) is 13.6 Å². The molecule has 0 aliphatic heterocycles. The van der Waals surface area contributed by atoms with Gasteiger partial charge >= 0.3 is 0 Å². The van der Waals surface area contributed by atoms with Crippen LogP contribution in [0.1, 0.15) is 10.4 Å². The summed E-state index contributed by atoms with van der Waals surface area (Å²) >= 11 is 0. The maximum atomic E-state index is 13.5. The zero-order valence-corrected chi connectivity index (χ0v) is 8.15. The van der Waals surface area contributed by atoms with E-state index >= 15 is 0 Å². The number of carbonyl (C=O) groups is 1. The summed E-state index contributed by atoms with van der Waals surface area (Å²) in [5, 5.41) is 0. The molecule has 0 saturated carbocycles. The molecular formula is C12H7F2NO. The number of aldehydes is 1. The first kappa shape index (κ1) is 10.4. The Morgan fingerprint density at radius 2 is 1.94 bits per heavy atom. The van der Waals surface area contributed by atoms with Crippen molar-refractivity contribution in [3.8, 4) is 11.1 Å². The molecule has 0 unspecified atom stereocenters. The molecule has 1 aromatic carbocycles. The van der Waals surface area contributed by atoms with E-state index in [1.807, 2.05) is 0 Å². The molecule has 2 nitrogen and oxygen atoms in total. The van der Waals surface area contributed by atoms with Crippen molar-refractivity contribution in [2.45, 2.75) is 0 Å². The standard InChI is InChI=1S/C12H7F2NO/c13-11-3-1-2-9(12(11)14)10-6-15-5-4-8(10)7-16/h1-7H. The second kappa shape index (κ2) is 4.18. The second-order valence-electron chi connectivity index (χ2n) is 3.18. The van der Waals surface area contributed by atoms with E-state index in [0.29, 0.717) is 6.29 Å². The van der Waals surface area contributed by atoms with E-state index in [4.69, 9.17) is 0 Å². The van der Waals surface area contributed by atoms with Crippen LogP contribution in [-0.4, -0.2) is 11.3 Å². The molecule has 80 valence electrons. The van der Waals surface area contributed by atoms with Crippen LogP contribution >= 0.6 is 0 Å². The van der Waals surface area contributed by atoms with E-state index in [2.05, 4.69) is 4.98 Å². The third-order valence-corrected chi connectivity index (χ3v) is 2.22. The van der Waals surface area contributed by atoms with Crippen molar-refractivity contribution in [2.75, 3.05) is 0 Å². The Kier molecular flexibility index (Phi) is 2.72. The van der Waals surface area contributed by atoms with Crippen LogP contribution in [-0.2, 0) is 0 Å². The number of nitrogens with zero attached hydrogens (tertiary/aromatic N) is 1. The normalized spacial score (nSPS) is 10.1. The van der Waals surface area contributed by atoms with Crippen molar-refractivity contribution in [2.24, 2.45) is 0 Å². The van der Waals surface area contributed by atoms with Crippen molar-refractivity contribution in [3.05, 3.63) is 53.9 Å². The fraction of sp³-hybridized carbons (Fsp3) is 0. The monoisotopic (exact) mass is 219 g/mol. The highest BCUT2D eigenvalue weighted by molar-refractivity contribution is 5.87. The van der Waals surface area contributed by atoms with Gasteiger partial charge in [0.15, 0.2) is 17.9 Å². The van der Waals surface area contributed by atoms with Gasteiger partial charge in [-0.3, -0.25) is 9.78 Å². The van der Waals surface area contributed by atoms with Crippen LogP contribution < -0.4 is 0 Å². The molecule has 0 saturated heterocycles. The Morgan fingerprint density at radius 3 is 2.69 bits per heavy atom. The quantitative estimate of drug-likeness (QED) is 0.727. The zero-order valence-electron chi connectivity index (χ0n) is 8.15. The topological polar surface area (TPSA) is 30.0 Å². The van der Waals surface area contributed by atoms with Gasteiger partial charge < -0.3 is 0 Å². The van der Waals surface area contributed by atoms with Crippen LogP contribution in [0.3, 0.4) is 0 Å². The molecule has 0 N–H and O–H groups in total. The largest absolute Gasteiger partial charge is 0.298 e. The van der Waals surface area contributed by atoms with Gasteiger partial charge in [0.25, 0.3) is 0 Å². The zero-order chi connectivity index (χ0) is 11.5. The summed E-state index contributed by atoms with van der Waals surface area (Å²) in [6, 6.07) is 5.26. The summed E-state index contributed by atoms with van der Waals surface area (Å²) in [4.78, 5) is 14.5. The second-order valence-corrected chi connectivity index (χ2v) is 3.18. The van der Waals surface area contributed by atoms with Crippen LogP contribution in [0.25, 0.3) is 11.1 Å². The van der Waals surface area contributed by atoms with Gasteiger partial charge in [0, 0.05) is 29.1 Å². The highest BCUT2D eigenvalue weighted by Gasteiger charge is 2.12. The van der Waals surface area contributed by atoms with Gasteiger partial charge in [-0.2, -0.15) is 0 Å². The minimum Gasteiger partial charge on any atom is -0.298 e. The van der Waals surface area contributed by atoms with E-state index in [0.717, 1.165) is 6.07 Å². The van der Waals surface area contributed by atoms with Crippen LogP contribution in [0, 0.1) is 11.6 Å². The lowest BCUT2D eigenvalue weighted by Crippen LogP contribution is -1.94. The maximum Gasteiger partial charge on any atom is 0.166 e. The highest BCUT2D eigenvalue weighted by Crippen LogP contribution is 2.25. The van der Waals surface area contributed by atoms with Crippen molar-refractivity contribution >= 4 is 6.29 Å². The van der Waals surface area contributed by atoms with Gasteiger partial charge in [-0.25, -0.2) is 8.78 Å². The SMILES string of the molecule is O=Cc1ccncc1-c1cccc(F)c1F. The van der Waals surface area contributed by atoms with Gasteiger partial charge in [0.1, 0.15) is 0 Å². The van der Waals surface area contributed by atoms with Crippen molar-refractivity contribution in [1.82, 2.24) is 4.98 Å². The fourth-order valence-corrected chi connectivity index (χ4v) is 1.44. The lowest BCUT2D eigenvalue weighted by molar-refractivity contribution is 0.112. The smallest absolute Gasteiger partial charge is 0.166 e. The molecule has 0 spiro atoms. The van der Waals surface area contributed by atoms with E-state index in [-0.39, 0.29) is 16.7 Å². The number of aromatic nitrogens is 1. The molecule has 2 aromatic rings. The molecule has 2 rings (SSSR count). The molecular weight excluding hydrogens is 212 g/mol. The van der Waals surface area contributed by atoms with Crippen LogP contribution in [0.4, 0.5) is 8.78 Å². The average molecular weight is 219 g/mol. The van der Waals surface area contributed by atoms with E-state index in [1.54, 1.807) is 0 Å². The summed E-state index contributed by atoms with van der Waals surface area (Å²) in [5.74, 6) is -1.92. The van der Waals surface area contributed by atoms with Gasteiger partial charge in [-0.15, -0.1) is 0 Å². The molecule has 0 aliphatic carbocycles. The van der Waals surface area contributed by atoms with Gasteiger partial charge in [0.05, 0.1) is 0 Å². The molecule has 16 heavy (non-hydrogen) atoms. The minimum atomic E-state index is -0.974. The predicted octanol–water partition coefficient (Wildman–Crippen LogP) is 2.84. The maximum absolute atomic E-state index is 13.5. The van der Waals surface area contributed by atoms with E-state index in [1.165, 1.54) is 30.6 Å². The van der Waals surface area contributed by atoms with Crippen molar-refractivity contribution < 1.29 is 13.6 Å². The predicted molar refractivity (Wildman–Crippen MR) is 55.0 cm³/mol. The molecule has 0 bridgehead atoms. The van der Waals surface area contributed by atoms with Gasteiger partial charge in [0.2, 0.25) is 0 Å². The highest BCUT2D eigenvalue weighted by atomic mass is 19.2. The Morgan fingerprint density at radius 1 is 1.12 bits per heavy atom. The molecule has 0 amide bonds. The first-order valence-corrected chi connectivity index (χ1v) is 4.57. The minimum absolute atomic E-state index is 0.0372. The average Bonchev–Trinajstić information content (AvgIpc) is 2.33. The van der Waals surface area contributed by atoms with Gasteiger partial charge in [-0.1, -0.05) is 12.1 Å². The number of halogens is 2. The molecule has 1 aromatic heterocycles. The van der Waals surface area contributed by atoms with E-state index < -0.39 is 11.6 Å². The number of rotatable bonds is 2. The first-order valence-electron chi connectivity index (χ1n) is 4.57. The number of hydrogen-bond acceptors (Lipinski definition) is 2. The Labute approximate surface area is 90.6 Å². The van der Waals surface area contributed by atoms with Crippen LogP contribution in [0.2, 0.25) is 0 Å². The number of pyridine rings is 1. The number of benzene rings is 1. The van der Waals surface area contributed by atoms with Crippen molar-refractivity contribution in [1.29, 1.82) is 0 Å². The first-order chi connectivity index (χ1) is 7.74. The van der Waals surface area contributed by atoms with Gasteiger partial charge in [-0.05, 0) is 12.1 Å². The van der Waals surface area contributed by atoms with Crippen LogP contribution in [0.5, 0.6) is 0 Å². The molecule has 1 heterocycles. The number of hydrogen-bond donors (Lipinski definition) is 0. The summed E-state index contributed by atoms with van der Waals surface area (Å²) in [6.07, 6.45) is 3.34. The molecule has 0 radical (unpaired) electrons. The Hall–Kier alpha value is -2.10. The summed E-state index contributed by atoms with van der Waals surface area (Å²) in [7, 11) is 0. The third kappa shape index (κ3) is 1.69. The lowest BCUT2D eigenvalue weighted by Gasteiger charge is -2.05. The van der Waals surface area contributed by atoms with Crippen LogP contribution in [0.15, 0.2) is 36.7 Å². The molecule has 4 heteroatoms. The summed E-state index contributed by atoms with van der Waals surface area (Å²) in [6.45, 7) is 0. The Balaban J connectivity index is 2.67. The molecule has 0 atom stereocenters. The summed E-state index contributed by atoms with van der Waals surface area (Å²) in [5.41, 5.74) is 0.601. The van der Waals surface area contributed by atoms with Crippen molar-refractivity contribution in [3.63, 3.8) is 0 Å². The lowest BCUT2D eigenvalue weighted by atomic mass is 10.0.